The van der Waals surface area contributed by atoms with E-state index in [0.717, 1.165) is 25.5 Å². The molecule has 1 aliphatic heterocycles. The van der Waals surface area contributed by atoms with Crippen molar-refractivity contribution in [3.05, 3.63) is 11.7 Å². The van der Waals surface area contributed by atoms with Crippen LogP contribution in [0.2, 0.25) is 0 Å². The Morgan fingerprint density at radius 2 is 1.94 bits per heavy atom. The third kappa shape index (κ3) is 3.28. The Hall–Kier alpha value is -0.940. The Kier molecular flexibility index (Phi) is 4.30. The second-order valence-corrected chi connectivity index (χ2v) is 4.33. The molecule has 2 heterocycles. The van der Waals surface area contributed by atoms with E-state index in [2.05, 4.69) is 15.0 Å². The smallest absolute Gasteiger partial charge is 0.227 e. The van der Waals surface area contributed by atoms with Crippen LogP contribution in [0, 0.1) is 0 Å². The molecule has 0 unspecified atom stereocenters. The van der Waals surface area contributed by atoms with Crippen LogP contribution < -0.4 is 5.73 Å². The third-order valence-electron chi connectivity index (χ3n) is 2.93. The Morgan fingerprint density at radius 3 is 2.62 bits per heavy atom. The van der Waals surface area contributed by atoms with Gasteiger partial charge in [0.15, 0.2) is 5.82 Å². The number of nitrogens with zero attached hydrogens (tertiary/aromatic N) is 3. The third-order valence-corrected chi connectivity index (χ3v) is 2.93. The number of rotatable bonds is 4. The molecule has 0 aromatic carbocycles. The lowest BCUT2D eigenvalue weighted by Gasteiger charge is -2.16. The van der Waals surface area contributed by atoms with Crippen molar-refractivity contribution in [2.24, 2.45) is 5.73 Å². The summed E-state index contributed by atoms with van der Waals surface area (Å²) in [4.78, 5) is 6.73. The van der Waals surface area contributed by atoms with Gasteiger partial charge in [-0.05, 0) is 25.9 Å². The molecule has 0 bridgehead atoms. The number of likely N-dealkylation sites (tertiary alicyclic amines) is 1. The molecule has 1 aliphatic rings. The molecule has 1 aromatic heterocycles. The zero-order valence-corrected chi connectivity index (χ0v) is 9.69. The minimum atomic E-state index is 0.561. The molecule has 5 nitrogen and oxygen atoms in total. The zero-order valence-electron chi connectivity index (χ0n) is 9.69. The first-order valence-electron chi connectivity index (χ1n) is 6.12. The second-order valence-electron chi connectivity index (χ2n) is 4.33. The molecule has 1 aromatic rings. The van der Waals surface area contributed by atoms with Crippen molar-refractivity contribution in [2.75, 3.05) is 19.6 Å². The molecule has 0 amide bonds. The average molecular weight is 224 g/mol. The minimum Gasteiger partial charge on any atom is -0.339 e. The SMILES string of the molecule is NCCc1nc(CN2CCCCCC2)no1. The lowest BCUT2D eigenvalue weighted by molar-refractivity contribution is 0.264. The van der Waals surface area contributed by atoms with E-state index in [-0.39, 0.29) is 0 Å². The molecule has 1 saturated heterocycles. The van der Waals surface area contributed by atoms with Crippen LogP contribution in [0.25, 0.3) is 0 Å². The standard InChI is InChI=1S/C11H20N4O/c12-6-5-11-13-10(14-16-11)9-15-7-3-1-2-4-8-15/h1-9,12H2. The van der Waals surface area contributed by atoms with Crippen molar-refractivity contribution in [1.82, 2.24) is 15.0 Å². The summed E-state index contributed by atoms with van der Waals surface area (Å²) in [6, 6.07) is 0. The minimum absolute atomic E-state index is 0.561. The molecule has 0 atom stereocenters. The lowest BCUT2D eigenvalue weighted by atomic mass is 10.2. The van der Waals surface area contributed by atoms with Gasteiger partial charge in [-0.2, -0.15) is 4.98 Å². The Labute approximate surface area is 96.0 Å². The van der Waals surface area contributed by atoms with Crippen LogP contribution in [-0.4, -0.2) is 34.7 Å². The van der Waals surface area contributed by atoms with Gasteiger partial charge in [-0.15, -0.1) is 0 Å². The lowest BCUT2D eigenvalue weighted by Crippen LogP contribution is -2.24. The van der Waals surface area contributed by atoms with E-state index in [1.807, 2.05) is 0 Å². The van der Waals surface area contributed by atoms with Gasteiger partial charge in [-0.3, -0.25) is 4.90 Å². The first kappa shape index (κ1) is 11.5. The number of hydrogen-bond donors (Lipinski definition) is 1. The highest BCUT2D eigenvalue weighted by Crippen LogP contribution is 2.11. The molecule has 2 rings (SSSR count). The topological polar surface area (TPSA) is 68.2 Å². The Balaban J connectivity index is 1.86. The van der Waals surface area contributed by atoms with Crippen LogP contribution in [0.4, 0.5) is 0 Å². The molecular formula is C11H20N4O. The molecule has 90 valence electrons. The fraction of sp³-hybridized carbons (Fsp3) is 0.818. The largest absolute Gasteiger partial charge is 0.339 e. The van der Waals surface area contributed by atoms with Crippen LogP contribution >= 0.6 is 0 Å². The molecule has 0 aliphatic carbocycles. The van der Waals surface area contributed by atoms with Crippen molar-refractivity contribution in [1.29, 1.82) is 0 Å². The highest BCUT2D eigenvalue weighted by molar-refractivity contribution is 4.87. The van der Waals surface area contributed by atoms with E-state index in [9.17, 15) is 0 Å². The summed E-state index contributed by atoms with van der Waals surface area (Å²) < 4.78 is 5.11. The van der Waals surface area contributed by atoms with Gasteiger partial charge in [0.25, 0.3) is 0 Å². The number of hydrogen-bond acceptors (Lipinski definition) is 5. The van der Waals surface area contributed by atoms with Crippen molar-refractivity contribution >= 4 is 0 Å². The van der Waals surface area contributed by atoms with E-state index >= 15 is 0 Å². The van der Waals surface area contributed by atoms with Gasteiger partial charge in [-0.25, -0.2) is 0 Å². The van der Waals surface area contributed by atoms with Gasteiger partial charge in [0, 0.05) is 13.0 Å². The Morgan fingerprint density at radius 1 is 1.19 bits per heavy atom. The first-order chi connectivity index (χ1) is 7.88. The first-order valence-corrected chi connectivity index (χ1v) is 6.12. The predicted molar refractivity (Wildman–Crippen MR) is 60.8 cm³/mol. The van der Waals surface area contributed by atoms with Gasteiger partial charge >= 0.3 is 0 Å². The van der Waals surface area contributed by atoms with E-state index in [1.54, 1.807) is 0 Å². The average Bonchev–Trinajstić information content (AvgIpc) is 2.56. The summed E-state index contributed by atoms with van der Waals surface area (Å²) in [7, 11) is 0. The van der Waals surface area contributed by atoms with Crippen molar-refractivity contribution in [3.63, 3.8) is 0 Å². The normalized spacial score (nSPS) is 18.6. The maximum absolute atomic E-state index is 5.44. The molecule has 0 saturated carbocycles. The van der Waals surface area contributed by atoms with Crippen LogP contribution in [0.1, 0.15) is 37.4 Å². The summed E-state index contributed by atoms with van der Waals surface area (Å²) in [5.41, 5.74) is 5.44. The molecule has 1 fully saturated rings. The molecule has 5 heteroatoms. The molecule has 0 spiro atoms. The van der Waals surface area contributed by atoms with Gasteiger partial charge in [0.05, 0.1) is 6.54 Å². The van der Waals surface area contributed by atoms with Crippen LogP contribution in [0.15, 0.2) is 4.52 Å². The molecule has 0 radical (unpaired) electrons. The predicted octanol–water partition coefficient (Wildman–Crippen LogP) is 0.947. The summed E-state index contributed by atoms with van der Waals surface area (Å²) in [5.74, 6) is 1.46. The monoisotopic (exact) mass is 224 g/mol. The van der Waals surface area contributed by atoms with E-state index in [1.165, 1.54) is 25.7 Å². The van der Waals surface area contributed by atoms with Crippen molar-refractivity contribution in [2.45, 2.75) is 38.6 Å². The van der Waals surface area contributed by atoms with Gasteiger partial charge < -0.3 is 10.3 Å². The van der Waals surface area contributed by atoms with Gasteiger partial charge in [0.1, 0.15) is 0 Å². The fourth-order valence-electron chi connectivity index (χ4n) is 2.07. The molecular weight excluding hydrogens is 204 g/mol. The van der Waals surface area contributed by atoms with Crippen LogP contribution in [-0.2, 0) is 13.0 Å². The summed E-state index contributed by atoms with van der Waals surface area (Å²) in [5, 5.41) is 3.98. The summed E-state index contributed by atoms with van der Waals surface area (Å²) >= 11 is 0. The Bertz CT molecular complexity index is 305. The number of aromatic nitrogens is 2. The highest BCUT2D eigenvalue weighted by atomic mass is 16.5. The quantitative estimate of drug-likeness (QED) is 0.824. The maximum Gasteiger partial charge on any atom is 0.227 e. The zero-order chi connectivity index (χ0) is 11.2. The summed E-state index contributed by atoms with van der Waals surface area (Å²) in [6.45, 7) is 3.68. The summed E-state index contributed by atoms with van der Waals surface area (Å²) in [6.07, 6.45) is 5.94. The van der Waals surface area contributed by atoms with Crippen molar-refractivity contribution < 1.29 is 4.52 Å². The van der Waals surface area contributed by atoms with Gasteiger partial charge in [-0.1, -0.05) is 18.0 Å². The maximum atomic E-state index is 5.44. The van der Waals surface area contributed by atoms with Crippen LogP contribution in [0.3, 0.4) is 0 Å². The number of nitrogens with two attached hydrogens (primary N) is 1. The molecule has 16 heavy (non-hydrogen) atoms. The van der Waals surface area contributed by atoms with Crippen molar-refractivity contribution in [3.8, 4) is 0 Å². The molecule has 2 N–H and O–H groups in total. The van der Waals surface area contributed by atoms with Gasteiger partial charge in [0.2, 0.25) is 5.89 Å². The van der Waals surface area contributed by atoms with Crippen LogP contribution in [0.5, 0.6) is 0 Å². The van der Waals surface area contributed by atoms with E-state index in [0.29, 0.717) is 18.9 Å². The fourth-order valence-corrected chi connectivity index (χ4v) is 2.07. The second kappa shape index (κ2) is 5.96. The highest BCUT2D eigenvalue weighted by Gasteiger charge is 2.13. The van der Waals surface area contributed by atoms with E-state index < -0.39 is 0 Å². The van der Waals surface area contributed by atoms with E-state index in [4.69, 9.17) is 10.3 Å².